The van der Waals surface area contributed by atoms with Gasteiger partial charge >= 0.3 is 0 Å². The molecule has 1 aliphatic carbocycles. The van der Waals surface area contributed by atoms with Crippen molar-refractivity contribution in [2.45, 2.75) is 52.1 Å². The lowest BCUT2D eigenvalue weighted by Crippen LogP contribution is -2.34. The average Bonchev–Trinajstić information content (AvgIpc) is 2.36. The van der Waals surface area contributed by atoms with E-state index in [0.717, 1.165) is 4.20 Å². The van der Waals surface area contributed by atoms with E-state index in [9.17, 15) is 5.11 Å². The second kappa shape index (κ2) is 6.97. The van der Waals surface area contributed by atoms with Crippen molar-refractivity contribution in [2.24, 2.45) is 17.8 Å². The zero-order valence-corrected chi connectivity index (χ0v) is 12.2. The van der Waals surface area contributed by atoms with E-state index in [4.69, 9.17) is 12.2 Å². The Kier molecular flexibility index (Phi) is 6.30. The van der Waals surface area contributed by atoms with Crippen LogP contribution in [-0.4, -0.2) is 21.7 Å². The lowest BCUT2D eigenvalue weighted by atomic mass is 9.76. The molecule has 3 heteroatoms. The van der Waals surface area contributed by atoms with Gasteiger partial charge in [-0.3, -0.25) is 0 Å². The molecule has 1 N–H and O–H groups in total. The monoisotopic (exact) mass is 260 g/mol. The minimum Gasteiger partial charge on any atom is -0.392 e. The third kappa shape index (κ3) is 3.71. The van der Waals surface area contributed by atoms with Gasteiger partial charge in [0.2, 0.25) is 0 Å². The van der Waals surface area contributed by atoms with Crippen molar-refractivity contribution < 1.29 is 5.11 Å². The molecule has 1 fully saturated rings. The number of rotatable bonds is 4. The maximum absolute atomic E-state index is 10.3. The summed E-state index contributed by atoms with van der Waals surface area (Å²) in [6, 6.07) is 0. The fourth-order valence-electron chi connectivity index (χ4n) is 2.72. The first-order chi connectivity index (χ1) is 7.57. The molecular formula is C13H24OS2. The van der Waals surface area contributed by atoms with Gasteiger partial charge in [-0.15, -0.1) is 11.8 Å². The Morgan fingerprint density at radius 1 is 1.25 bits per heavy atom. The molecule has 0 spiro atoms. The second-order valence-electron chi connectivity index (χ2n) is 5.06. The fraction of sp³-hybridized carbons (Fsp3) is 0.923. The van der Waals surface area contributed by atoms with Gasteiger partial charge in [-0.25, -0.2) is 0 Å². The number of aliphatic hydroxyl groups is 1. The third-order valence-corrected chi connectivity index (χ3v) is 5.66. The molecule has 1 aliphatic rings. The van der Waals surface area contributed by atoms with Crippen molar-refractivity contribution >= 4 is 28.2 Å². The number of hydrogen-bond acceptors (Lipinski definition) is 3. The van der Waals surface area contributed by atoms with E-state index in [0.29, 0.717) is 11.8 Å². The van der Waals surface area contributed by atoms with E-state index in [1.54, 1.807) is 11.8 Å². The maximum atomic E-state index is 10.3. The molecule has 1 rings (SSSR count). The van der Waals surface area contributed by atoms with Gasteiger partial charge in [0.1, 0.15) is 0 Å². The summed E-state index contributed by atoms with van der Waals surface area (Å²) in [7, 11) is 0. The topological polar surface area (TPSA) is 20.2 Å². The third-order valence-electron chi connectivity index (χ3n) is 4.02. The lowest BCUT2D eigenvalue weighted by Gasteiger charge is -2.33. The number of thiocarbonyl (C=S) groups is 1. The zero-order valence-electron chi connectivity index (χ0n) is 10.6. The summed E-state index contributed by atoms with van der Waals surface area (Å²) in [5, 5.41) is 10.3. The lowest BCUT2D eigenvalue weighted by molar-refractivity contribution is 0.0493. The summed E-state index contributed by atoms with van der Waals surface area (Å²) in [5.74, 6) is 1.23. The van der Waals surface area contributed by atoms with Crippen LogP contribution in [0.25, 0.3) is 0 Å². The fourth-order valence-corrected chi connectivity index (χ4v) is 3.37. The van der Waals surface area contributed by atoms with Crippen molar-refractivity contribution in [1.82, 2.24) is 0 Å². The summed E-state index contributed by atoms with van der Waals surface area (Å²) in [6.07, 6.45) is 8.36. The molecule has 0 unspecified atom stereocenters. The summed E-state index contributed by atoms with van der Waals surface area (Å²) in [5.41, 5.74) is 0. The molecule has 0 aromatic carbocycles. The molecular weight excluding hydrogens is 236 g/mol. The molecule has 0 heterocycles. The Morgan fingerprint density at radius 3 is 2.31 bits per heavy atom. The van der Waals surface area contributed by atoms with E-state index < -0.39 is 0 Å². The van der Waals surface area contributed by atoms with Crippen LogP contribution in [0.5, 0.6) is 0 Å². The molecule has 0 aliphatic heterocycles. The summed E-state index contributed by atoms with van der Waals surface area (Å²) < 4.78 is 0.940. The van der Waals surface area contributed by atoms with Gasteiger partial charge in [-0.1, -0.05) is 58.2 Å². The van der Waals surface area contributed by atoms with Crippen LogP contribution >= 0.6 is 24.0 Å². The van der Waals surface area contributed by atoms with Crippen LogP contribution in [0.2, 0.25) is 0 Å². The summed E-state index contributed by atoms with van der Waals surface area (Å²) >= 11 is 6.87. The number of aliphatic hydroxyl groups excluding tert-OH is 1. The van der Waals surface area contributed by atoms with Crippen molar-refractivity contribution in [3.63, 3.8) is 0 Å². The highest BCUT2D eigenvalue weighted by molar-refractivity contribution is 8.22. The minimum absolute atomic E-state index is 0.141. The van der Waals surface area contributed by atoms with Crippen LogP contribution in [0.1, 0.15) is 46.0 Å². The van der Waals surface area contributed by atoms with Crippen LogP contribution in [-0.2, 0) is 0 Å². The molecule has 0 aromatic heterocycles. The molecule has 94 valence electrons. The van der Waals surface area contributed by atoms with E-state index in [2.05, 4.69) is 13.8 Å². The van der Waals surface area contributed by atoms with Crippen LogP contribution in [0.4, 0.5) is 0 Å². The smallest absolute Gasteiger partial charge is 0.0647 e. The Balaban J connectivity index is 2.51. The highest BCUT2D eigenvalue weighted by Crippen LogP contribution is 2.34. The van der Waals surface area contributed by atoms with E-state index in [1.807, 2.05) is 6.26 Å². The maximum Gasteiger partial charge on any atom is 0.0647 e. The van der Waals surface area contributed by atoms with Gasteiger partial charge in [0.25, 0.3) is 0 Å². The first-order valence-electron chi connectivity index (χ1n) is 6.33. The quantitative estimate of drug-likeness (QED) is 0.774. The van der Waals surface area contributed by atoms with Crippen molar-refractivity contribution in [3.8, 4) is 0 Å². The largest absolute Gasteiger partial charge is 0.392 e. The zero-order chi connectivity index (χ0) is 12.1. The molecule has 0 bridgehead atoms. The van der Waals surface area contributed by atoms with Crippen molar-refractivity contribution in [3.05, 3.63) is 0 Å². The SMILES string of the molecule is CSC(=S)[C@@H](C)[C@H](O)[C@@H](C)C1CCCCC1. The second-order valence-corrected chi connectivity index (χ2v) is 6.61. The van der Waals surface area contributed by atoms with Crippen LogP contribution in [0.3, 0.4) is 0 Å². The van der Waals surface area contributed by atoms with Gasteiger partial charge in [-0.05, 0) is 18.1 Å². The molecule has 16 heavy (non-hydrogen) atoms. The van der Waals surface area contributed by atoms with E-state index in [-0.39, 0.29) is 12.0 Å². The van der Waals surface area contributed by atoms with Gasteiger partial charge in [0.15, 0.2) is 0 Å². The first-order valence-corrected chi connectivity index (χ1v) is 7.97. The van der Waals surface area contributed by atoms with Crippen molar-refractivity contribution in [2.75, 3.05) is 6.26 Å². The van der Waals surface area contributed by atoms with Crippen LogP contribution < -0.4 is 0 Å². The van der Waals surface area contributed by atoms with Gasteiger partial charge in [0.05, 0.1) is 10.3 Å². The predicted molar refractivity (Wildman–Crippen MR) is 77.0 cm³/mol. The predicted octanol–water partition coefficient (Wildman–Crippen LogP) is 3.89. The molecule has 0 saturated heterocycles. The standard InChI is InChI=1S/C13H24OS2/c1-9(11-7-5-4-6-8-11)12(14)10(2)13(15)16-3/h9-12,14H,4-8H2,1-3H3/t9-,10-,12+/m0/s1. The molecule has 1 saturated carbocycles. The minimum atomic E-state index is -0.261. The van der Waals surface area contributed by atoms with E-state index >= 15 is 0 Å². The van der Waals surface area contributed by atoms with Gasteiger partial charge < -0.3 is 5.11 Å². The Hall–Kier alpha value is 0.400. The summed E-state index contributed by atoms with van der Waals surface area (Å²) in [6.45, 7) is 4.25. The highest BCUT2D eigenvalue weighted by Gasteiger charge is 2.30. The molecule has 1 nitrogen and oxygen atoms in total. The number of hydrogen-bond donors (Lipinski definition) is 1. The highest BCUT2D eigenvalue weighted by atomic mass is 32.2. The van der Waals surface area contributed by atoms with Crippen LogP contribution in [0.15, 0.2) is 0 Å². The number of thioether (sulfide) groups is 1. The average molecular weight is 260 g/mol. The van der Waals surface area contributed by atoms with Crippen LogP contribution in [0, 0.1) is 17.8 Å². The molecule has 0 aromatic rings. The van der Waals surface area contributed by atoms with Crippen molar-refractivity contribution in [1.29, 1.82) is 0 Å². The van der Waals surface area contributed by atoms with Gasteiger partial charge in [0, 0.05) is 5.92 Å². The Morgan fingerprint density at radius 2 is 1.81 bits per heavy atom. The summed E-state index contributed by atoms with van der Waals surface area (Å²) in [4.78, 5) is 0. The first kappa shape index (κ1) is 14.5. The molecule has 3 atom stereocenters. The van der Waals surface area contributed by atoms with E-state index in [1.165, 1.54) is 32.1 Å². The molecule has 0 amide bonds. The Bertz CT molecular complexity index is 224. The Labute approximate surface area is 109 Å². The molecule has 0 radical (unpaired) electrons. The normalized spacial score (nSPS) is 23.8. The van der Waals surface area contributed by atoms with Gasteiger partial charge in [-0.2, -0.15) is 0 Å².